The van der Waals surface area contributed by atoms with Crippen LogP contribution < -0.4 is 64.6 Å². The summed E-state index contributed by atoms with van der Waals surface area (Å²) < 4.78 is 0. The molecular formula is C69H114N14O20. The molecule has 103 heavy (non-hydrogen) atoms. The van der Waals surface area contributed by atoms with Crippen molar-refractivity contribution in [2.75, 3.05) is 20.2 Å². The third kappa shape index (κ3) is 27.6. The quantitative estimate of drug-likeness (QED) is 0.0435. The van der Waals surface area contributed by atoms with E-state index in [0.29, 0.717) is 18.4 Å². The maximum absolute atomic E-state index is 14.8. The molecule has 34 heteroatoms. The minimum absolute atomic E-state index is 0.101. The van der Waals surface area contributed by atoms with Crippen molar-refractivity contribution in [3.05, 3.63) is 35.9 Å². The highest BCUT2D eigenvalue weighted by Crippen LogP contribution is 2.23. The second-order valence-corrected chi connectivity index (χ2v) is 28.2. The predicted octanol–water partition coefficient (Wildman–Crippen LogP) is -4.35. The van der Waals surface area contributed by atoms with Crippen LogP contribution in [0.4, 0.5) is 0 Å². The molecule has 580 valence electrons. The predicted molar refractivity (Wildman–Crippen MR) is 373 cm³/mol. The molecule has 2 heterocycles. The lowest BCUT2D eigenvalue weighted by Gasteiger charge is -2.36. The molecule has 14 amide bonds. The zero-order valence-electron chi connectivity index (χ0n) is 61.3. The fraction of sp³-hybridized carbons (Fsp3) is 0.710. The number of nitrogens with one attached hydrogen (secondary N) is 10. The number of fused-ring (bicyclic) bond motifs is 1. The number of nitrogens with zero attached hydrogens (tertiary/aromatic N) is 2. The average molecular weight is 1460 g/mol. The number of carbonyl (C=O) groups excluding carboxylic acids is 14. The van der Waals surface area contributed by atoms with Crippen LogP contribution in [0, 0.1) is 23.7 Å². The number of carbonyl (C=O) groups is 14. The van der Waals surface area contributed by atoms with Gasteiger partial charge in [0, 0.05) is 51.9 Å². The van der Waals surface area contributed by atoms with E-state index in [1.54, 1.807) is 65.0 Å². The van der Waals surface area contributed by atoms with Crippen molar-refractivity contribution in [1.29, 1.82) is 0 Å². The zero-order chi connectivity index (χ0) is 77.9. The van der Waals surface area contributed by atoms with E-state index in [4.69, 9.17) is 11.5 Å². The second kappa shape index (κ2) is 43.0. The van der Waals surface area contributed by atoms with Crippen molar-refractivity contribution < 1.29 is 97.8 Å². The van der Waals surface area contributed by atoms with Crippen molar-refractivity contribution in [3.8, 4) is 0 Å². The van der Waals surface area contributed by atoms with Crippen LogP contribution in [0.25, 0.3) is 0 Å². The van der Waals surface area contributed by atoms with E-state index in [1.165, 1.54) is 27.7 Å². The van der Waals surface area contributed by atoms with E-state index in [2.05, 4.69) is 53.2 Å². The summed E-state index contributed by atoms with van der Waals surface area (Å²) in [5, 5.41) is 91.5. The lowest BCUT2D eigenvalue weighted by molar-refractivity contribution is -0.148. The van der Waals surface area contributed by atoms with Crippen LogP contribution in [0.1, 0.15) is 165 Å². The third-order valence-electron chi connectivity index (χ3n) is 18.3. The van der Waals surface area contributed by atoms with Gasteiger partial charge in [-0.2, -0.15) is 0 Å². The van der Waals surface area contributed by atoms with Gasteiger partial charge < -0.3 is 105 Å². The average Bonchev–Trinajstić information content (AvgIpc) is 1.75. The number of aliphatic hydroxyl groups is 6. The van der Waals surface area contributed by atoms with Crippen LogP contribution in [0.15, 0.2) is 30.3 Å². The van der Waals surface area contributed by atoms with Crippen molar-refractivity contribution >= 4 is 82.7 Å². The number of primary amides is 2. The number of nitrogens with two attached hydrogens (primary N) is 2. The molecule has 2 aliphatic rings. The van der Waals surface area contributed by atoms with Crippen molar-refractivity contribution in [2.45, 2.75) is 269 Å². The van der Waals surface area contributed by atoms with Crippen LogP contribution >= 0.6 is 0 Å². The van der Waals surface area contributed by atoms with Gasteiger partial charge in [-0.15, -0.1) is 0 Å². The molecule has 1 aromatic carbocycles. The lowest BCUT2D eigenvalue weighted by Crippen LogP contribution is -2.65. The van der Waals surface area contributed by atoms with E-state index in [0.717, 1.165) is 43.0 Å². The molecule has 0 spiro atoms. The molecule has 1 aromatic rings. The smallest absolute Gasteiger partial charge is 0.248 e. The molecule has 0 aromatic heterocycles. The first-order chi connectivity index (χ1) is 48.3. The molecule has 2 saturated heterocycles. The monoisotopic (exact) mass is 1460 g/mol. The van der Waals surface area contributed by atoms with Crippen LogP contribution in [0.2, 0.25) is 0 Å². The zero-order valence-corrected chi connectivity index (χ0v) is 61.3. The number of likely N-dealkylation sites (N-methyl/N-ethyl adjacent to an activating group) is 1. The van der Waals surface area contributed by atoms with Crippen LogP contribution in [0.5, 0.6) is 0 Å². The first kappa shape index (κ1) is 88.8. The normalized spacial score (nSPS) is 27.4. The lowest BCUT2D eigenvalue weighted by atomic mass is 9.95. The van der Waals surface area contributed by atoms with E-state index >= 15 is 0 Å². The summed E-state index contributed by atoms with van der Waals surface area (Å²) in [6.07, 6.45) is -8.22. The Balaban J connectivity index is 2.35. The second-order valence-electron chi connectivity index (χ2n) is 28.2. The SMILES string of the molecule is CCCCCCCC1CC(=O)NC(C(C)C)C(=O)NC(C(O)C(C)C)C(=O)NC(CCO)C(=O)NC(CC(C)C)C(=O)NC(CCC(N)=O)C(=O)N(C)C(C(C)CC)C(=O)NC(C(O)C(N)=O)C(=O)NC(C(C)O)C(=O)N2CC(O)CC2C(=O)NC(Cc2ccccc2)C(=O)NC(C(C)O)C(=O)N1. The van der Waals surface area contributed by atoms with Crippen molar-refractivity contribution in [1.82, 2.24) is 63.0 Å². The van der Waals surface area contributed by atoms with Gasteiger partial charge in [0.25, 0.3) is 0 Å². The van der Waals surface area contributed by atoms with Crippen LogP contribution in [0.3, 0.4) is 0 Å². The molecule has 18 unspecified atom stereocenters. The molecule has 0 aliphatic carbocycles. The number of benzene rings is 1. The van der Waals surface area contributed by atoms with Gasteiger partial charge in [0.2, 0.25) is 82.7 Å². The summed E-state index contributed by atoms with van der Waals surface area (Å²) in [5.41, 5.74) is 11.5. The van der Waals surface area contributed by atoms with E-state index in [9.17, 15) is 97.8 Å². The van der Waals surface area contributed by atoms with Gasteiger partial charge in [-0.3, -0.25) is 67.1 Å². The Kier molecular flexibility index (Phi) is 37.0. The van der Waals surface area contributed by atoms with Gasteiger partial charge in [0.05, 0.1) is 24.4 Å². The molecule has 18 atom stereocenters. The molecule has 34 nitrogen and oxygen atoms in total. The van der Waals surface area contributed by atoms with Gasteiger partial charge in [0.15, 0.2) is 6.10 Å². The van der Waals surface area contributed by atoms with E-state index < -0.39 is 255 Å². The topological polar surface area (TPSA) is 539 Å². The van der Waals surface area contributed by atoms with Gasteiger partial charge in [-0.05, 0) is 68.8 Å². The minimum Gasteiger partial charge on any atom is -0.396 e. The minimum atomic E-state index is -2.60. The van der Waals surface area contributed by atoms with Crippen molar-refractivity contribution in [3.63, 3.8) is 0 Å². The summed E-state index contributed by atoms with van der Waals surface area (Å²) in [6.45, 7) is 15.6. The standard InChI is InChI=1S/C69H114N14O20/c1-13-15-16-17-21-24-41-31-49(89)77-50(35(5)6)63(97)80-53(56(90)36(7)8)65(99)73-43(27-28-84)59(93)75-45(29-34(3)4)60(94)74-44(25-26-48(70)88)68(102)82(12)55(37(9)14-2)67(101)81-54(57(91)58(71)92)66(100)79-52(39(11)86)69(103)83-33-42(87)32-47(83)62(96)76-46(30-40-22-19-18-20-23-40)61(95)78-51(38(10)85)64(98)72-41/h18-20,22-23,34-39,41-47,50-57,84-87,90-91H,13-17,21,24-33H2,1-12H3,(H2,70,88)(H2,71,92)(H,72,98)(H,73,99)(H,74,94)(H,75,93)(H,76,96)(H,77,89)(H,78,95)(H,79,100)(H,80,97)(H,81,101). The number of hydrogen-bond donors (Lipinski definition) is 18. The Morgan fingerprint density at radius 2 is 1.08 bits per heavy atom. The van der Waals surface area contributed by atoms with E-state index in [-0.39, 0.29) is 25.7 Å². The number of unbranched alkanes of at least 4 members (excludes halogenated alkanes) is 4. The van der Waals surface area contributed by atoms with Gasteiger partial charge >= 0.3 is 0 Å². The number of hydrogen-bond acceptors (Lipinski definition) is 20. The third-order valence-corrected chi connectivity index (χ3v) is 18.3. The highest BCUT2D eigenvalue weighted by Gasteiger charge is 2.47. The molecule has 3 rings (SSSR count). The highest BCUT2D eigenvalue weighted by molar-refractivity contribution is 6.01. The van der Waals surface area contributed by atoms with Crippen LogP contribution in [-0.2, 0) is 73.5 Å². The first-order valence-electron chi connectivity index (χ1n) is 35.5. The Bertz CT molecular complexity index is 3050. The molecule has 2 aliphatic heterocycles. The Hall–Kier alpha value is -8.44. The summed E-state index contributed by atoms with van der Waals surface area (Å²) in [6, 6.07) is -12.4. The van der Waals surface area contributed by atoms with Gasteiger partial charge in [0.1, 0.15) is 66.5 Å². The first-order valence-corrected chi connectivity index (χ1v) is 35.5. The number of rotatable bonds is 24. The number of aliphatic hydroxyl groups excluding tert-OH is 6. The summed E-state index contributed by atoms with van der Waals surface area (Å²) in [4.78, 5) is 201. The van der Waals surface area contributed by atoms with Gasteiger partial charge in [-0.25, -0.2) is 0 Å². The summed E-state index contributed by atoms with van der Waals surface area (Å²) >= 11 is 0. The Morgan fingerprint density at radius 1 is 0.553 bits per heavy atom. The molecule has 20 N–H and O–H groups in total. The molecule has 0 saturated carbocycles. The van der Waals surface area contributed by atoms with Crippen LogP contribution in [-0.4, -0.2) is 246 Å². The Morgan fingerprint density at radius 3 is 1.63 bits per heavy atom. The fourth-order valence-corrected chi connectivity index (χ4v) is 12.1. The molecule has 2 fully saturated rings. The van der Waals surface area contributed by atoms with Crippen molar-refractivity contribution in [2.24, 2.45) is 35.1 Å². The largest absolute Gasteiger partial charge is 0.396 e. The maximum atomic E-state index is 14.8. The maximum Gasteiger partial charge on any atom is 0.248 e. The molecule has 0 radical (unpaired) electrons. The Labute approximate surface area is 601 Å². The molecular weight excluding hydrogens is 1340 g/mol. The van der Waals surface area contributed by atoms with Gasteiger partial charge in [-0.1, -0.05) is 131 Å². The summed E-state index contributed by atoms with van der Waals surface area (Å²) in [5.74, 6) is -18.4. The fourth-order valence-electron chi connectivity index (χ4n) is 12.1. The molecule has 0 bridgehead atoms. The highest BCUT2D eigenvalue weighted by atomic mass is 16.3. The summed E-state index contributed by atoms with van der Waals surface area (Å²) in [7, 11) is 1.12. The van der Waals surface area contributed by atoms with E-state index in [1.807, 2.05) is 6.92 Å². The number of amides is 14.